The van der Waals surface area contributed by atoms with Crippen molar-refractivity contribution in [1.29, 1.82) is 0 Å². The Balaban J connectivity index is 0.00000163. The van der Waals surface area contributed by atoms with E-state index in [0.29, 0.717) is 11.8 Å². The van der Waals surface area contributed by atoms with Gasteiger partial charge in [-0.25, -0.2) is 0 Å². The average molecular weight is 337 g/mol. The van der Waals surface area contributed by atoms with Crippen molar-refractivity contribution in [3.63, 3.8) is 0 Å². The van der Waals surface area contributed by atoms with E-state index in [2.05, 4.69) is 60.6 Å². The largest absolute Gasteiger partial charge is 0.488 e. The van der Waals surface area contributed by atoms with Gasteiger partial charge in [0.2, 0.25) is 0 Å². The smallest absolute Gasteiger partial charge is 0.120 e. The van der Waals surface area contributed by atoms with E-state index in [1.165, 1.54) is 12.0 Å². The Morgan fingerprint density at radius 1 is 0.875 bits per heavy atom. The maximum absolute atomic E-state index is 9.06. The monoisotopic (exact) mass is 336 g/mol. The first-order valence-electron chi connectivity index (χ1n) is 9.27. The molecule has 140 valence electrons. The van der Waals surface area contributed by atoms with Gasteiger partial charge in [-0.3, -0.25) is 0 Å². The van der Waals surface area contributed by atoms with Crippen LogP contribution in [0.25, 0.3) is 0 Å². The van der Waals surface area contributed by atoms with Gasteiger partial charge in [-0.2, -0.15) is 0 Å². The van der Waals surface area contributed by atoms with Crippen LogP contribution in [0, 0.1) is 5.41 Å². The molecule has 0 saturated carbocycles. The number of aliphatic hydroxyl groups is 1. The molecule has 0 spiro atoms. The van der Waals surface area contributed by atoms with Crippen molar-refractivity contribution >= 4 is 0 Å². The molecule has 0 atom stereocenters. The van der Waals surface area contributed by atoms with Crippen LogP contribution in [0.5, 0.6) is 5.75 Å². The van der Waals surface area contributed by atoms with Gasteiger partial charge in [0.05, 0.1) is 0 Å². The molecule has 0 aliphatic heterocycles. The first kappa shape index (κ1) is 23.0. The van der Waals surface area contributed by atoms with Crippen molar-refractivity contribution in [2.45, 2.75) is 92.6 Å². The number of aliphatic hydroxyl groups excluding tert-OH is 1. The number of hydrogen-bond donors (Lipinski definition) is 1. The highest BCUT2D eigenvalue weighted by molar-refractivity contribution is 5.32. The summed E-state index contributed by atoms with van der Waals surface area (Å²) in [6.45, 7) is 19.8. The third-order valence-corrected chi connectivity index (χ3v) is 3.72. The van der Waals surface area contributed by atoms with Gasteiger partial charge in [-0.1, -0.05) is 67.0 Å². The SMILES string of the molecule is CC(C)(C)CC(C)(C)c1ccc(OC(C)(C)CCO)cc1.CCC. The van der Waals surface area contributed by atoms with Crippen molar-refractivity contribution in [3.05, 3.63) is 29.8 Å². The highest BCUT2D eigenvalue weighted by Crippen LogP contribution is 2.36. The lowest BCUT2D eigenvalue weighted by Crippen LogP contribution is -2.29. The Morgan fingerprint density at radius 3 is 1.71 bits per heavy atom. The third kappa shape index (κ3) is 9.32. The molecule has 0 fully saturated rings. The maximum atomic E-state index is 9.06. The normalized spacial score (nSPS) is 12.4. The minimum atomic E-state index is -0.336. The van der Waals surface area contributed by atoms with Crippen LogP contribution in [-0.4, -0.2) is 17.3 Å². The maximum Gasteiger partial charge on any atom is 0.120 e. The van der Waals surface area contributed by atoms with Crippen LogP contribution in [0.1, 0.15) is 87.1 Å². The lowest BCUT2D eigenvalue weighted by Gasteiger charge is -2.33. The molecule has 2 nitrogen and oxygen atoms in total. The van der Waals surface area contributed by atoms with Crippen LogP contribution in [0.2, 0.25) is 0 Å². The van der Waals surface area contributed by atoms with Crippen LogP contribution in [0.3, 0.4) is 0 Å². The van der Waals surface area contributed by atoms with E-state index in [1.54, 1.807) is 0 Å². The van der Waals surface area contributed by atoms with Gasteiger partial charge in [0.15, 0.2) is 0 Å². The summed E-state index contributed by atoms with van der Waals surface area (Å²) < 4.78 is 5.95. The highest BCUT2D eigenvalue weighted by atomic mass is 16.5. The summed E-state index contributed by atoms with van der Waals surface area (Å²) >= 11 is 0. The van der Waals surface area contributed by atoms with E-state index >= 15 is 0 Å². The summed E-state index contributed by atoms with van der Waals surface area (Å²) in [5.41, 5.74) is 1.46. The standard InChI is InChI=1S/C19H32O2.C3H8/c1-17(2,3)14-18(4,5)15-8-10-16(11-9-15)21-19(6,7)12-13-20;1-3-2/h8-11,20H,12-14H2,1-7H3;3H2,1-2H3. The summed E-state index contributed by atoms with van der Waals surface area (Å²) in [4.78, 5) is 0. The van der Waals surface area contributed by atoms with Crippen LogP contribution in [0.4, 0.5) is 0 Å². The van der Waals surface area contributed by atoms with E-state index in [1.807, 2.05) is 26.0 Å². The predicted molar refractivity (Wildman–Crippen MR) is 106 cm³/mol. The summed E-state index contributed by atoms with van der Waals surface area (Å²) in [7, 11) is 0. The van der Waals surface area contributed by atoms with E-state index in [-0.39, 0.29) is 17.6 Å². The molecule has 0 radical (unpaired) electrons. The molecule has 0 saturated heterocycles. The Kier molecular flexibility index (Phi) is 9.06. The zero-order valence-corrected chi connectivity index (χ0v) is 17.5. The Labute approximate surface area is 150 Å². The zero-order chi connectivity index (χ0) is 19.0. The van der Waals surface area contributed by atoms with Crippen molar-refractivity contribution in [2.24, 2.45) is 5.41 Å². The number of ether oxygens (including phenoxy) is 1. The zero-order valence-electron chi connectivity index (χ0n) is 17.5. The molecular formula is C22H40O2. The Hall–Kier alpha value is -1.02. The van der Waals surface area contributed by atoms with Gasteiger partial charge in [-0.15, -0.1) is 0 Å². The first-order chi connectivity index (χ1) is 10.9. The summed E-state index contributed by atoms with van der Waals surface area (Å²) in [5.74, 6) is 0.865. The predicted octanol–water partition coefficient (Wildman–Crippen LogP) is 6.36. The topological polar surface area (TPSA) is 29.5 Å². The second-order valence-corrected chi connectivity index (χ2v) is 9.19. The van der Waals surface area contributed by atoms with Gasteiger partial charge in [0.1, 0.15) is 11.4 Å². The lowest BCUT2D eigenvalue weighted by atomic mass is 9.72. The van der Waals surface area contributed by atoms with Crippen molar-refractivity contribution in [3.8, 4) is 5.75 Å². The van der Waals surface area contributed by atoms with E-state index < -0.39 is 0 Å². The quantitative estimate of drug-likeness (QED) is 0.655. The molecule has 2 heteroatoms. The summed E-state index contributed by atoms with van der Waals surface area (Å²) in [6, 6.07) is 8.41. The number of hydrogen-bond acceptors (Lipinski definition) is 2. The number of benzene rings is 1. The lowest BCUT2D eigenvalue weighted by molar-refractivity contribution is 0.0765. The van der Waals surface area contributed by atoms with Gasteiger partial charge in [0, 0.05) is 13.0 Å². The van der Waals surface area contributed by atoms with Gasteiger partial charge >= 0.3 is 0 Å². The molecule has 0 unspecified atom stereocenters. The average Bonchev–Trinajstić information content (AvgIpc) is 2.36. The molecule has 0 heterocycles. The van der Waals surface area contributed by atoms with E-state index in [0.717, 1.165) is 12.2 Å². The molecule has 1 N–H and O–H groups in total. The highest BCUT2D eigenvalue weighted by Gasteiger charge is 2.27. The minimum absolute atomic E-state index is 0.143. The van der Waals surface area contributed by atoms with Gasteiger partial charge in [-0.05, 0) is 48.8 Å². The fourth-order valence-corrected chi connectivity index (χ4v) is 3.04. The second kappa shape index (κ2) is 9.46. The third-order valence-electron chi connectivity index (χ3n) is 3.72. The van der Waals surface area contributed by atoms with Crippen molar-refractivity contribution in [1.82, 2.24) is 0 Å². The van der Waals surface area contributed by atoms with Gasteiger partial charge < -0.3 is 9.84 Å². The van der Waals surface area contributed by atoms with Crippen molar-refractivity contribution < 1.29 is 9.84 Å². The van der Waals surface area contributed by atoms with Crippen molar-refractivity contribution in [2.75, 3.05) is 6.61 Å². The first-order valence-corrected chi connectivity index (χ1v) is 9.27. The second-order valence-electron chi connectivity index (χ2n) is 9.19. The molecule has 1 aromatic carbocycles. The molecular weight excluding hydrogens is 296 g/mol. The minimum Gasteiger partial charge on any atom is -0.488 e. The van der Waals surface area contributed by atoms with Gasteiger partial charge in [0.25, 0.3) is 0 Å². The van der Waals surface area contributed by atoms with E-state index in [4.69, 9.17) is 9.84 Å². The van der Waals surface area contributed by atoms with E-state index in [9.17, 15) is 0 Å². The molecule has 0 aliphatic rings. The fourth-order valence-electron chi connectivity index (χ4n) is 3.04. The van der Waals surface area contributed by atoms with Crippen LogP contribution < -0.4 is 4.74 Å². The summed E-state index contributed by atoms with van der Waals surface area (Å²) in [6.07, 6.45) is 3.01. The molecule has 1 rings (SSSR count). The fraction of sp³-hybridized carbons (Fsp3) is 0.727. The number of rotatable bonds is 6. The van der Waals surface area contributed by atoms with Crippen LogP contribution in [-0.2, 0) is 5.41 Å². The molecule has 0 amide bonds. The molecule has 0 bridgehead atoms. The Bertz CT molecular complexity index is 450. The molecule has 0 aromatic heterocycles. The molecule has 1 aromatic rings. The Morgan fingerprint density at radius 2 is 1.33 bits per heavy atom. The van der Waals surface area contributed by atoms with Crippen LogP contribution >= 0.6 is 0 Å². The summed E-state index contributed by atoms with van der Waals surface area (Å²) in [5, 5.41) is 9.06. The molecule has 0 aliphatic carbocycles. The van der Waals surface area contributed by atoms with Crippen LogP contribution in [0.15, 0.2) is 24.3 Å². The molecule has 24 heavy (non-hydrogen) atoms.